The fraction of sp³-hybridized carbons (Fsp3) is 0.176. The minimum absolute atomic E-state index is 0.180. The van der Waals surface area contributed by atoms with E-state index in [-0.39, 0.29) is 23.6 Å². The Hall–Kier alpha value is -4.02. The molecule has 4 aromatic rings. The van der Waals surface area contributed by atoms with Crippen molar-refractivity contribution < 1.29 is 14.1 Å². The zero-order chi connectivity index (χ0) is 19.7. The van der Waals surface area contributed by atoms with Crippen molar-refractivity contribution >= 4 is 11.7 Å². The molecule has 0 aliphatic rings. The lowest BCUT2D eigenvalue weighted by atomic mass is 10.2. The van der Waals surface area contributed by atoms with Gasteiger partial charge in [0.15, 0.2) is 0 Å². The number of nitrogens with zero attached hydrogens (tertiary/aromatic N) is 5. The molecule has 4 heterocycles. The fourth-order valence-electron chi connectivity index (χ4n) is 2.64. The van der Waals surface area contributed by atoms with Crippen molar-refractivity contribution in [1.82, 2.24) is 34.8 Å². The number of aromatic nitrogens is 6. The lowest BCUT2D eigenvalue weighted by molar-refractivity contribution is 0.0933. The van der Waals surface area contributed by atoms with Crippen molar-refractivity contribution in [3.63, 3.8) is 0 Å². The molecule has 4 aromatic heterocycles. The topological polar surface area (TPSA) is 140 Å². The zero-order valence-corrected chi connectivity index (χ0v) is 14.9. The first-order chi connectivity index (χ1) is 13.5. The number of nitrogens with one attached hydrogen (secondary N) is 2. The van der Waals surface area contributed by atoms with E-state index in [1.807, 2.05) is 6.92 Å². The van der Waals surface area contributed by atoms with Gasteiger partial charge in [0.2, 0.25) is 17.5 Å². The summed E-state index contributed by atoms with van der Waals surface area (Å²) in [6.07, 6.45) is 3.03. The highest BCUT2D eigenvalue weighted by Crippen LogP contribution is 2.16. The van der Waals surface area contributed by atoms with Crippen LogP contribution in [0.15, 0.2) is 46.0 Å². The summed E-state index contributed by atoms with van der Waals surface area (Å²) in [4.78, 5) is 38.9. The Morgan fingerprint density at radius 3 is 2.93 bits per heavy atom. The van der Waals surface area contributed by atoms with Crippen LogP contribution in [0.25, 0.3) is 17.3 Å². The Kier molecular flexibility index (Phi) is 4.32. The van der Waals surface area contributed by atoms with Gasteiger partial charge in [0, 0.05) is 12.3 Å². The molecule has 4 rings (SSSR count). The number of H-pyrrole nitrogens is 1. The largest absolute Gasteiger partial charge is 0.481 e. The number of carbonyl (C=O) groups is 1. The third-order valence-corrected chi connectivity index (χ3v) is 4.04. The van der Waals surface area contributed by atoms with Gasteiger partial charge in [-0.15, -0.1) is 0 Å². The number of hydrogen-bond acceptors (Lipinski definition) is 8. The molecule has 0 radical (unpaired) electrons. The van der Waals surface area contributed by atoms with Crippen LogP contribution in [-0.2, 0) is 0 Å². The lowest BCUT2D eigenvalue weighted by Crippen LogP contribution is -2.28. The molecule has 0 aromatic carbocycles. The van der Waals surface area contributed by atoms with Crippen LogP contribution in [0.5, 0.6) is 5.88 Å². The van der Waals surface area contributed by atoms with Crippen LogP contribution in [0.2, 0.25) is 0 Å². The molecule has 28 heavy (non-hydrogen) atoms. The number of methoxy groups -OCH3 is 1. The minimum Gasteiger partial charge on any atom is -0.481 e. The molecule has 0 aliphatic carbocycles. The molecule has 1 amide bonds. The molecule has 0 fully saturated rings. The van der Waals surface area contributed by atoms with Gasteiger partial charge in [-0.3, -0.25) is 18.7 Å². The standard InChI is InChI=1S/C17H15N7O4/c1-9(10-4-3-5-13(20-10)27-2)19-15(25)12-8-18-16-21-11(6-7-24(12)16)14-22-17(26)28-23-14/h3-9H,1-2H3,(H,19,25)(H,22,23,26). The van der Waals surface area contributed by atoms with Gasteiger partial charge < -0.3 is 10.1 Å². The maximum atomic E-state index is 12.7. The summed E-state index contributed by atoms with van der Waals surface area (Å²) in [7, 11) is 1.53. The van der Waals surface area contributed by atoms with E-state index < -0.39 is 5.76 Å². The van der Waals surface area contributed by atoms with Gasteiger partial charge in [0.05, 0.1) is 25.0 Å². The molecule has 142 valence electrons. The predicted octanol–water partition coefficient (Wildman–Crippen LogP) is 0.967. The van der Waals surface area contributed by atoms with Gasteiger partial charge in [-0.25, -0.2) is 19.7 Å². The number of pyridine rings is 1. The highest BCUT2D eigenvalue weighted by molar-refractivity contribution is 5.93. The maximum Gasteiger partial charge on any atom is 0.439 e. The Morgan fingerprint density at radius 2 is 2.18 bits per heavy atom. The monoisotopic (exact) mass is 381 g/mol. The average molecular weight is 381 g/mol. The lowest BCUT2D eigenvalue weighted by Gasteiger charge is -2.14. The molecule has 0 bridgehead atoms. The van der Waals surface area contributed by atoms with E-state index in [1.54, 1.807) is 30.5 Å². The molecule has 2 N–H and O–H groups in total. The van der Waals surface area contributed by atoms with E-state index in [4.69, 9.17) is 4.74 Å². The van der Waals surface area contributed by atoms with E-state index in [0.29, 0.717) is 23.0 Å². The van der Waals surface area contributed by atoms with Gasteiger partial charge in [0.25, 0.3) is 5.91 Å². The van der Waals surface area contributed by atoms with Crippen LogP contribution >= 0.6 is 0 Å². The molecular formula is C17H15N7O4. The van der Waals surface area contributed by atoms with E-state index in [2.05, 4.69) is 34.9 Å². The molecule has 0 saturated heterocycles. The number of amides is 1. The number of fused-ring (bicyclic) bond motifs is 1. The molecule has 11 heteroatoms. The second kappa shape index (κ2) is 6.95. The number of carbonyl (C=O) groups excluding carboxylic acids is 1. The van der Waals surface area contributed by atoms with Crippen molar-refractivity contribution in [1.29, 1.82) is 0 Å². The van der Waals surface area contributed by atoms with Gasteiger partial charge >= 0.3 is 5.76 Å². The number of rotatable bonds is 5. The van der Waals surface area contributed by atoms with Gasteiger partial charge in [-0.2, -0.15) is 0 Å². The third kappa shape index (κ3) is 3.20. The second-order valence-electron chi connectivity index (χ2n) is 5.87. The molecule has 0 spiro atoms. The van der Waals surface area contributed by atoms with Crippen molar-refractivity contribution in [3.05, 3.63) is 58.6 Å². The summed E-state index contributed by atoms with van der Waals surface area (Å²) in [5.41, 5.74) is 1.33. The Morgan fingerprint density at radius 1 is 1.32 bits per heavy atom. The molecule has 0 aliphatic heterocycles. The predicted molar refractivity (Wildman–Crippen MR) is 95.8 cm³/mol. The second-order valence-corrected chi connectivity index (χ2v) is 5.87. The summed E-state index contributed by atoms with van der Waals surface area (Å²) < 4.78 is 11.1. The van der Waals surface area contributed by atoms with Crippen molar-refractivity contribution in [2.45, 2.75) is 13.0 Å². The van der Waals surface area contributed by atoms with E-state index in [9.17, 15) is 9.59 Å². The summed E-state index contributed by atoms with van der Waals surface area (Å²) in [6.45, 7) is 1.82. The average Bonchev–Trinajstić information content (AvgIpc) is 3.33. The molecule has 0 saturated carbocycles. The van der Waals surface area contributed by atoms with Crippen LogP contribution in [0.1, 0.15) is 29.1 Å². The van der Waals surface area contributed by atoms with E-state index in [0.717, 1.165) is 0 Å². The van der Waals surface area contributed by atoms with Gasteiger partial charge in [-0.1, -0.05) is 11.2 Å². The van der Waals surface area contributed by atoms with Crippen molar-refractivity contribution in [3.8, 4) is 17.4 Å². The number of ether oxygens (including phenoxy) is 1. The number of aromatic amines is 1. The SMILES string of the molecule is COc1cccc(C(C)NC(=O)c2cnc3nc(-c4noc(=O)[nH]4)ccn23)n1. The Labute approximate surface area is 157 Å². The van der Waals surface area contributed by atoms with Crippen LogP contribution in [0, 0.1) is 0 Å². The minimum atomic E-state index is -0.680. The van der Waals surface area contributed by atoms with Gasteiger partial charge in [0.1, 0.15) is 11.4 Å². The Balaban J connectivity index is 1.58. The molecular weight excluding hydrogens is 366 g/mol. The fourth-order valence-corrected chi connectivity index (χ4v) is 2.64. The quantitative estimate of drug-likeness (QED) is 0.521. The first kappa shape index (κ1) is 17.4. The molecule has 1 atom stereocenters. The first-order valence-electron chi connectivity index (χ1n) is 8.27. The zero-order valence-electron chi connectivity index (χ0n) is 14.9. The third-order valence-electron chi connectivity index (χ3n) is 4.04. The van der Waals surface area contributed by atoms with Crippen LogP contribution < -0.4 is 15.8 Å². The highest BCUT2D eigenvalue weighted by atomic mass is 16.5. The van der Waals surface area contributed by atoms with Crippen molar-refractivity contribution in [2.75, 3.05) is 7.11 Å². The van der Waals surface area contributed by atoms with Crippen LogP contribution in [0.4, 0.5) is 0 Å². The summed E-state index contributed by atoms with van der Waals surface area (Å²) >= 11 is 0. The normalized spacial score (nSPS) is 12.1. The van der Waals surface area contributed by atoms with Crippen LogP contribution in [0.3, 0.4) is 0 Å². The first-order valence-corrected chi connectivity index (χ1v) is 8.27. The smallest absolute Gasteiger partial charge is 0.439 e. The highest BCUT2D eigenvalue weighted by Gasteiger charge is 2.18. The van der Waals surface area contributed by atoms with Crippen molar-refractivity contribution in [2.24, 2.45) is 0 Å². The summed E-state index contributed by atoms with van der Waals surface area (Å²) in [5, 5.41) is 6.45. The van der Waals surface area contributed by atoms with E-state index in [1.165, 1.54) is 17.7 Å². The van der Waals surface area contributed by atoms with Crippen LogP contribution in [-0.4, -0.2) is 42.5 Å². The number of imidazole rings is 1. The summed E-state index contributed by atoms with van der Waals surface area (Å²) in [5.74, 6) is -0.0943. The van der Waals surface area contributed by atoms with Gasteiger partial charge in [-0.05, 0) is 19.1 Å². The van der Waals surface area contributed by atoms with E-state index >= 15 is 0 Å². The molecule has 1 unspecified atom stereocenters. The maximum absolute atomic E-state index is 12.7. The Bertz CT molecular complexity index is 1210. The number of hydrogen-bond donors (Lipinski definition) is 2. The summed E-state index contributed by atoms with van der Waals surface area (Å²) in [6, 6.07) is 6.58. The molecule has 11 nitrogen and oxygen atoms in total.